The summed E-state index contributed by atoms with van der Waals surface area (Å²) in [6.07, 6.45) is 3.86. The molecule has 1 aromatic carbocycles. The summed E-state index contributed by atoms with van der Waals surface area (Å²) in [7, 11) is 0. The summed E-state index contributed by atoms with van der Waals surface area (Å²) in [4.78, 5) is 14.8. The summed E-state index contributed by atoms with van der Waals surface area (Å²) in [6.45, 7) is 10.5. The number of carbonyl (C=O) groups is 1. The van der Waals surface area contributed by atoms with E-state index in [0.717, 1.165) is 36.7 Å². The van der Waals surface area contributed by atoms with Gasteiger partial charge in [0.2, 0.25) is 0 Å². The highest BCUT2D eigenvalue weighted by Crippen LogP contribution is 2.19. The number of benzene rings is 1. The third-order valence-corrected chi connectivity index (χ3v) is 4.85. The maximum atomic E-state index is 12.3. The Morgan fingerprint density at radius 3 is 2.71 bits per heavy atom. The van der Waals surface area contributed by atoms with Crippen molar-refractivity contribution in [2.24, 2.45) is 5.92 Å². The van der Waals surface area contributed by atoms with E-state index in [1.165, 1.54) is 25.9 Å². The third kappa shape index (κ3) is 5.82. The number of amides is 1. The first-order valence-electron chi connectivity index (χ1n) is 9.32. The molecule has 1 unspecified atom stereocenters. The van der Waals surface area contributed by atoms with Crippen LogP contribution in [0, 0.1) is 12.8 Å². The van der Waals surface area contributed by atoms with Crippen LogP contribution in [0.25, 0.3) is 0 Å². The monoisotopic (exact) mass is 332 g/mol. The average Bonchev–Trinajstić information content (AvgIpc) is 2.59. The Labute approximate surface area is 146 Å². The second kappa shape index (κ2) is 9.67. The van der Waals surface area contributed by atoms with Crippen molar-refractivity contribution >= 4 is 5.91 Å². The van der Waals surface area contributed by atoms with Gasteiger partial charge in [-0.2, -0.15) is 0 Å². The number of hydrogen-bond acceptors (Lipinski definition) is 3. The fourth-order valence-corrected chi connectivity index (χ4v) is 3.08. The molecule has 1 aliphatic heterocycles. The van der Waals surface area contributed by atoms with E-state index in [9.17, 15) is 4.79 Å². The van der Waals surface area contributed by atoms with E-state index in [2.05, 4.69) is 17.1 Å². The number of likely N-dealkylation sites (tertiary alicyclic amines) is 1. The lowest BCUT2D eigenvalue weighted by atomic mass is 9.99. The summed E-state index contributed by atoms with van der Waals surface area (Å²) in [5.41, 5.74) is 1.06. The van der Waals surface area contributed by atoms with E-state index in [1.54, 1.807) is 0 Å². The summed E-state index contributed by atoms with van der Waals surface area (Å²) in [5.74, 6) is 1.65. The van der Waals surface area contributed by atoms with Gasteiger partial charge in [-0.05, 0) is 69.8 Å². The molecular formula is C20H32N2O2. The Bertz CT molecular complexity index is 510. The molecule has 4 heteroatoms. The first-order valence-corrected chi connectivity index (χ1v) is 9.32. The van der Waals surface area contributed by atoms with Crippen molar-refractivity contribution in [1.82, 2.24) is 10.2 Å². The van der Waals surface area contributed by atoms with Gasteiger partial charge >= 0.3 is 0 Å². The molecule has 2 rings (SSSR count). The number of piperidine rings is 1. The SMILES string of the molecule is CCC(Oc1ccccc1C)C(=O)NCCCN1CCC(C)CC1. The fraction of sp³-hybridized carbons (Fsp3) is 0.650. The molecule has 1 N–H and O–H groups in total. The minimum Gasteiger partial charge on any atom is -0.480 e. The van der Waals surface area contributed by atoms with Crippen LogP contribution in [0.2, 0.25) is 0 Å². The molecule has 1 aliphatic rings. The van der Waals surface area contributed by atoms with E-state index in [4.69, 9.17) is 4.74 Å². The Balaban J connectivity index is 1.69. The van der Waals surface area contributed by atoms with Crippen molar-refractivity contribution in [3.05, 3.63) is 29.8 Å². The van der Waals surface area contributed by atoms with Gasteiger partial charge in [-0.15, -0.1) is 0 Å². The minimum atomic E-state index is -0.415. The predicted octanol–water partition coefficient (Wildman–Crippen LogP) is 3.39. The first kappa shape index (κ1) is 18.8. The van der Waals surface area contributed by atoms with Crippen LogP contribution in [-0.2, 0) is 4.79 Å². The second-order valence-electron chi connectivity index (χ2n) is 6.95. The number of hydrogen-bond donors (Lipinski definition) is 1. The second-order valence-corrected chi connectivity index (χ2v) is 6.95. The van der Waals surface area contributed by atoms with Crippen molar-refractivity contribution < 1.29 is 9.53 Å². The quantitative estimate of drug-likeness (QED) is 0.742. The van der Waals surface area contributed by atoms with Crippen molar-refractivity contribution in [2.75, 3.05) is 26.2 Å². The topological polar surface area (TPSA) is 41.6 Å². The standard InChI is InChI=1S/C20H32N2O2/c1-4-18(24-19-9-6-5-8-17(19)3)20(23)21-12-7-13-22-14-10-16(2)11-15-22/h5-6,8-9,16,18H,4,7,10-15H2,1-3H3,(H,21,23). The third-order valence-electron chi connectivity index (χ3n) is 4.85. The molecule has 1 amide bonds. The molecule has 1 heterocycles. The lowest BCUT2D eigenvalue weighted by molar-refractivity contribution is -0.128. The van der Waals surface area contributed by atoms with Gasteiger partial charge in [0.05, 0.1) is 0 Å². The molecule has 1 saturated heterocycles. The number of rotatable bonds is 8. The summed E-state index contributed by atoms with van der Waals surface area (Å²) in [5, 5.41) is 3.03. The number of aryl methyl sites for hydroxylation is 1. The number of carbonyl (C=O) groups excluding carboxylic acids is 1. The normalized spacial score (nSPS) is 17.5. The molecule has 0 aromatic heterocycles. The Morgan fingerprint density at radius 1 is 1.33 bits per heavy atom. The molecule has 134 valence electrons. The van der Waals surface area contributed by atoms with E-state index < -0.39 is 6.10 Å². The Morgan fingerprint density at radius 2 is 2.04 bits per heavy atom. The van der Waals surface area contributed by atoms with Crippen LogP contribution in [0.15, 0.2) is 24.3 Å². The minimum absolute atomic E-state index is 0.00646. The van der Waals surface area contributed by atoms with Crippen LogP contribution in [0.4, 0.5) is 0 Å². The van der Waals surface area contributed by atoms with Crippen LogP contribution in [0.3, 0.4) is 0 Å². The highest BCUT2D eigenvalue weighted by atomic mass is 16.5. The molecule has 1 aromatic rings. The molecule has 24 heavy (non-hydrogen) atoms. The van der Waals surface area contributed by atoms with Crippen molar-refractivity contribution in [3.8, 4) is 5.75 Å². The van der Waals surface area contributed by atoms with Crippen molar-refractivity contribution in [2.45, 2.75) is 52.6 Å². The molecular weight excluding hydrogens is 300 g/mol. The lowest BCUT2D eigenvalue weighted by Gasteiger charge is -2.30. The molecule has 0 aliphatic carbocycles. The maximum Gasteiger partial charge on any atom is 0.261 e. The molecule has 0 radical (unpaired) electrons. The molecule has 1 atom stereocenters. The lowest BCUT2D eigenvalue weighted by Crippen LogP contribution is -2.40. The highest BCUT2D eigenvalue weighted by molar-refractivity contribution is 5.81. The van der Waals surface area contributed by atoms with Crippen LogP contribution in [-0.4, -0.2) is 43.1 Å². The zero-order valence-corrected chi connectivity index (χ0v) is 15.4. The van der Waals surface area contributed by atoms with E-state index >= 15 is 0 Å². The van der Waals surface area contributed by atoms with Gasteiger partial charge in [-0.3, -0.25) is 4.79 Å². The molecule has 0 bridgehead atoms. The Kier molecular flexibility index (Phi) is 7.57. The van der Waals surface area contributed by atoms with Gasteiger partial charge in [-0.25, -0.2) is 0 Å². The van der Waals surface area contributed by atoms with Gasteiger partial charge in [0.25, 0.3) is 5.91 Å². The van der Waals surface area contributed by atoms with Crippen molar-refractivity contribution in [1.29, 1.82) is 0 Å². The number of nitrogens with zero attached hydrogens (tertiary/aromatic N) is 1. The maximum absolute atomic E-state index is 12.3. The number of para-hydroxylation sites is 1. The molecule has 1 fully saturated rings. The zero-order valence-electron chi connectivity index (χ0n) is 15.4. The summed E-state index contributed by atoms with van der Waals surface area (Å²) >= 11 is 0. The van der Waals surface area contributed by atoms with Gasteiger partial charge in [0.15, 0.2) is 6.10 Å². The van der Waals surface area contributed by atoms with E-state index in [0.29, 0.717) is 6.42 Å². The smallest absolute Gasteiger partial charge is 0.261 e. The predicted molar refractivity (Wildman–Crippen MR) is 98.4 cm³/mol. The van der Waals surface area contributed by atoms with Gasteiger partial charge < -0.3 is 15.0 Å². The van der Waals surface area contributed by atoms with Gasteiger partial charge in [-0.1, -0.05) is 32.0 Å². The molecule has 0 spiro atoms. The highest BCUT2D eigenvalue weighted by Gasteiger charge is 2.19. The Hall–Kier alpha value is -1.55. The van der Waals surface area contributed by atoms with E-state index in [-0.39, 0.29) is 5.91 Å². The molecule has 4 nitrogen and oxygen atoms in total. The first-order chi connectivity index (χ1) is 11.6. The van der Waals surface area contributed by atoms with E-state index in [1.807, 2.05) is 38.1 Å². The number of nitrogens with one attached hydrogen (secondary N) is 1. The van der Waals surface area contributed by atoms with Crippen LogP contribution in [0.5, 0.6) is 5.75 Å². The summed E-state index contributed by atoms with van der Waals surface area (Å²) < 4.78 is 5.89. The van der Waals surface area contributed by atoms with Gasteiger partial charge in [0.1, 0.15) is 5.75 Å². The molecule has 0 saturated carbocycles. The van der Waals surface area contributed by atoms with Crippen LogP contribution in [0.1, 0.15) is 45.1 Å². The van der Waals surface area contributed by atoms with Crippen molar-refractivity contribution in [3.63, 3.8) is 0 Å². The zero-order chi connectivity index (χ0) is 17.4. The van der Waals surface area contributed by atoms with Crippen LogP contribution < -0.4 is 10.1 Å². The number of ether oxygens (including phenoxy) is 1. The fourth-order valence-electron chi connectivity index (χ4n) is 3.08. The van der Waals surface area contributed by atoms with Gasteiger partial charge in [0, 0.05) is 6.54 Å². The van der Waals surface area contributed by atoms with Crippen LogP contribution >= 0.6 is 0 Å². The summed E-state index contributed by atoms with van der Waals surface area (Å²) in [6, 6.07) is 7.83. The largest absolute Gasteiger partial charge is 0.480 e. The average molecular weight is 332 g/mol.